The molecule has 0 radical (unpaired) electrons. The Morgan fingerprint density at radius 2 is 1.92 bits per heavy atom. The molecule has 2 aliphatic rings. The lowest BCUT2D eigenvalue weighted by molar-refractivity contribution is -0.172. The van der Waals surface area contributed by atoms with Crippen LogP contribution in [0.4, 0.5) is 0 Å². The highest BCUT2D eigenvalue weighted by Gasteiger charge is 2.63. The fourth-order valence-electron chi connectivity index (χ4n) is 3.45. The monoisotopic (exact) mass is 377 g/mol. The molecule has 0 spiro atoms. The number of amides is 2. The normalized spacial score (nSPS) is 29.2. The van der Waals surface area contributed by atoms with E-state index in [1.165, 1.54) is 0 Å². The molecule has 1 saturated heterocycles. The topological polar surface area (TPSA) is 93.9 Å². The van der Waals surface area contributed by atoms with Crippen molar-refractivity contribution in [2.75, 3.05) is 32.9 Å². The summed E-state index contributed by atoms with van der Waals surface area (Å²) in [7, 11) is 0. The zero-order valence-corrected chi connectivity index (χ0v) is 16.5. The number of carbonyl (C=O) groups excluding carboxylic acids is 2. The van der Waals surface area contributed by atoms with Crippen molar-refractivity contribution in [3.8, 4) is 0 Å². The Labute approximate surface area is 156 Å². The molecule has 1 aliphatic heterocycles. The van der Waals surface area contributed by atoms with Crippen molar-refractivity contribution >= 4 is 24.2 Å². The Bertz CT molecular complexity index is 483. The number of nitrogens with zero attached hydrogens (tertiary/aromatic N) is 1. The first-order valence-corrected chi connectivity index (χ1v) is 8.86. The van der Waals surface area contributed by atoms with E-state index in [0.717, 1.165) is 0 Å². The van der Waals surface area contributed by atoms with Gasteiger partial charge in [-0.2, -0.15) is 0 Å². The Kier molecular flexibility index (Phi) is 7.68. The Morgan fingerprint density at radius 1 is 1.32 bits per heavy atom. The zero-order chi connectivity index (χ0) is 18.0. The molecular formula is C17H32ClN3O4. The van der Waals surface area contributed by atoms with E-state index in [0.29, 0.717) is 45.8 Å². The summed E-state index contributed by atoms with van der Waals surface area (Å²) in [5, 5.41) is 2.87. The van der Waals surface area contributed by atoms with Crippen molar-refractivity contribution in [3.63, 3.8) is 0 Å². The van der Waals surface area contributed by atoms with Gasteiger partial charge < -0.3 is 25.4 Å². The van der Waals surface area contributed by atoms with Crippen LogP contribution in [0.25, 0.3) is 0 Å². The highest BCUT2D eigenvalue weighted by Crippen LogP contribution is 2.49. The molecule has 1 aliphatic carbocycles. The zero-order valence-electron chi connectivity index (χ0n) is 15.7. The molecule has 0 aromatic heterocycles. The highest BCUT2D eigenvalue weighted by molar-refractivity contribution is 5.93. The molecule has 0 bridgehead atoms. The van der Waals surface area contributed by atoms with E-state index in [1.807, 2.05) is 27.7 Å². The quantitative estimate of drug-likeness (QED) is 0.710. The third kappa shape index (κ3) is 4.10. The second kappa shape index (κ2) is 8.66. The van der Waals surface area contributed by atoms with Crippen LogP contribution in [0, 0.1) is 5.41 Å². The van der Waals surface area contributed by atoms with Crippen LogP contribution in [-0.2, 0) is 19.1 Å². The predicted octanol–water partition coefficient (Wildman–Crippen LogP) is 0.694. The maximum absolute atomic E-state index is 12.8. The van der Waals surface area contributed by atoms with Gasteiger partial charge in [0, 0.05) is 31.5 Å². The van der Waals surface area contributed by atoms with Crippen LogP contribution in [-0.4, -0.2) is 67.3 Å². The van der Waals surface area contributed by atoms with Crippen molar-refractivity contribution in [3.05, 3.63) is 0 Å². The van der Waals surface area contributed by atoms with Crippen molar-refractivity contribution in [2.45, 2.75) is 58.2 Å². The summed E-state index contributed by atoms with van der Waals surface area (Å²) in [6.45, 7) is 10.5. The third-order valence-corrected chi connectivity index (χ3v) is 5.57. The second-order valence-electron chi connectivity index (χ2n) is 7.21. The van der Waals surface area contributed by atoms with E-state index >= 15 is 0 Å². The van der Waals surface area contributed by atoms with Gasteiger partial charge in [-0.25, -0.2) is 0 Å². The van der Waals surface area contributed by atoms with Crippen molar-refractivity contribution in [2.24, 2.45) is 11.1 Å². The summed E-state index contributed by atoms with van der Waals surface area (Å²) in [5.74, 6) is -0.326. The Morgan fingerprint density at radius 3 is 2.40 bits per heavy atom. The number of nitrogens with two attached hydrogens (primary N) is 1. The molecule has 7 nitrogen and oxygen atoms in total. The number of halogens is 1. The van der Waals surface area contributed by atoms with Gasteiger partial charge in [0.2, 0.25) is 11.8 Å². The molecule has 2 fully saturated rings. The summed E-state index contributed by atoms with van der Waals surface area (Å²) in [5.41, 5.74) is 4.92. The van der Waals surface area contributed by atoms with Gasteiger partial charge in [-0.15, -0.1) is 12.4 Å². The fourth-order valence-corrected chi connectivity index (χ4v) is 3.45. The van der Waals surface area contributed by atoms with Gasteiger partial charge in [0.15, 0.2) is 0 Å². The molecule has 2 rings (SSSR count). The highest BCUT2D eigenvalue weighted by atomic mass is 35.5. The van der Waals surface area contributed by atoms with Crippen LogP contribution in [0.2, 0.25) is 0 Å². The van der Waals surface area contributed by atoms with Gasteiger partial charge in [0.05, 0.1) is 19.3 Å². The average Bonchev–Trinajstić information content (AvgIpc) is 2.59. The first kappa shape index (κ1) is 22.2. The molecule has 1 saturated carbocycles. The van der Waals surface area contributed by atoms with Gasteiger partial charge in [0.25, 0.3) is 0 Å². The van der Waals surface area contributed by atoms with Crippen molar-refractivity contribution in [1.29, 1.82) is 0 Å². The maximum Gasteiger partial charge on any atom is 0.245 e. The van der Waals surface area contributed by atoms with Gasteiger partial charge in [-0.3, -0.25) is 9.59 Å². The van der Waals surface area contributed by atoms with E-state index in [-0.39, 0.29) is 30.3 Å². The Balaban J connectivity index is 0.00000312. The number of carbonyl (C=O) groups is 2. The van der Waals surface area contributed by atoms with Crippen LogP contribution < -0.4 is 11.1 Å². The smallest absolute Gasteiger partial charge is 0.245 e. The maximum atomic E-state index is 12.8. The van der Waals surface area contributed by atoms with Crippen LogP contribution >= 0.6 is 12.4 Å². The summed E-state index contributed by atoms with van der Waals surface area (Å²) < 4.78 is 10.9. The van der Waals surface area contributed by atoms with E-state index in [9.17, 15) is 9.59 Å². The molecule has 3 atom stereocenters. The van der Waals surface area contributed by atoms with E-state index in [1.54, 1.807) is 4.90 Å². The van der Waals surface area contributed by atoms with E-state index in [2.05, 4.69) is 5.32 Å². The number of ether oxygens (including phenoxy) is 2. The largest absolute Gasteiger partial charge is 0.378 e. The van der Waals surface area contributed by atoms with Crippen LogP contribution in [0.3, 0.4) is 0 Å². The molecule has 146 valence electrons. The summed E-state index contributed by atoms with van der Waals surface area (Å²) in [4.78, 5) is 27.1. The minimum Gasteiger partial charge on any atom is -0.378 e. The standard InChI is InChI=1S/C17H31N3O4.ClH/c1-5-12(14(21)20-7-9-23-10-8-20)19-15(22)17(18)11-13(24-6-2)16(17,3)4;/h12-13H,5-11,18H2,1-4H3,(H,19,22);1H. The lowest BCUT2D eigenvalue weighted by atomic mass is 9.54. The number of rotatable bonds is 6. The molecule has 3 unspecified atom stereocenters. The molecule has 8 heteroatoms. The van der Waals surface area contributed by atoms with Gasteiger partial charge in [-0.05, 0) is 13.3 Å². The molecule has 2 amide bonds. The molecular weight excluding hydrogens is 346 g/mol. The molecule has 25 heavy (non-hydrogen) atoms. The summed E-state index contributed by atoms with van der Waals surface area (Å²) in [6.07, 6.45) is 0.975. The number of morpholine rings is 1. The summed E-state index contributed by atoms with van der Waals surface area (Å²) in [6, 6.07) is -0.544. The fraction of sp³-hybridized carbons (Fsp3) is 0.882. The molecule has 1 heterocycles. The minimum absolute atomic E-state index is 0. The first-order chi connectivity index (χ1) is 11.3. The van der Waals surface area contributed by atoms with Gasteiger partial charge >= 0.3 is 0 Å². The predicted molar refractivity (Wildman–Crippen MR) is 97.6 cm³/mol. The average molecular weight is 378 g/mol. The van der Waals surface area contributed by atoms with Crippen LogP contribution in [0.1, 0.15) is 40.5 Å². The van der Waals surface area contributed by atoms with Gasteiger partial charge in [-0.1, -0.05) is 20.8 Å². The minimum atomic E-state index is -1.01. The Hall–Kier alpha value is -0.890. The molecule has 0 aromatic carbocycles. The van der Waals surface area contributed by atoms with E-state index < -0.39 is 17.0 Å². The molecule has 3 N–H and O–H groups in total. The SMILES string of the molecule is CCOC1CC(N)(C(=O)NC(CC)C(=O)N2CCOCC2)C1(C)C.Cl. The number of hydrogen-bond acceptors (Lipinski definition) is 5. The van der Waals surface area contributed by atoms with Crippen LogP contribution in [0.5, 0.6) is 0 Å². The van der Waals surface area contributed by atoms with Crippen LogP contribution in [0.15, 0.2) is 0 Å². The lowest BCUT2D eigenvalue weighted by Crippen LogP contribution is -2.76. The van der Waals surface area contributed by atoms with E-state index in [4.69, 9.17) is 15.2 Å². The summed E-state index contributed by atoms with van der Waals surface area (Å²) >= 11 is 0. The second-order valence-corrected chi connectivity index (χ2v) is 7.21. The lowest BCUT2D eigenvalue weighted by Gasteiger charge is -2.57. The van der Waals surface area contributed by atoms with Crippen molar-refractivity contribution in [1.82, 2.24) is 10.2 Å². The first-order valence-electron chi connectivity index (χ1n) is 8.86. The number of hydrogen-bond donors (Lipinski definition) is 2. The number of nitrogens with one attached hydrogen (secondary N) is 1. The van der Waals surface area contributed by atoms with Crippen molar-refractivity contribution < 1.29 is 19.1 Å². The molecule has 0 aromatic rings. The third-order valence-electron chi connectivity index (χ3n) is 5.57. The van der Waals surface area contributed by atoms with Gasteiger partial charge in [0.1, 0.15) is 11.6 Å².